The fourth-order valence-corrected chi connectivity index (χ4v) is 3.09. The summed E-state index contributed by atoms with van der Waals surface area (Å²) in [5, 5.41) is 2.98. The normalized spacial score (nSPS) is 16.1. The summed E-state index contributed by atoms with van der Waals surface area (Å²) in [4.78, 5) is 0. The van der Waals surface area contributed by atoms with Crippen LogP contribution in [0.25, 0.3) is 5.76 Å². The van der Waals surface area contributed by atoms with E-state index in [1.54, 1.807) is 11.8 Å². The lowest BCUT2D eigenvalue weighted by molar-refractivity contribution is -2.00. The second-order valence-electron chi connectivity index (χ2n) is 5.32. The van der Waals surface area contributed by atoms with Gasteiger partial charge in [0.05, 0.1) is 0 Å². The number of rotatable bonds is 1. The molecule has 0 saturated heterocycles. The highest BCUT2D eigenvalue weighted by Gasteiger charge is 2.18. The zero-order valence-electron chi connectivity index (χ0n) is 13.8. The van der Waals surface area contributed by atoms with E-state index in [4.69, 9.17) is 23.4 Å². The fourth-order valence-electron chi connectivity index (χ4n) is 2.02. The van der Waals surface area contributed by atoms with Crippen LogP contribution < -0.4 is 18.6 Å². The Hall–Kier alpha value is -1.39. The van der Waals surface area contributed by atoms with E-state index in [1.165, 1.54) is 5.71 Å². The van der Waals surface area contributed by atoms with Crippen molar-refractivity contribution < 1.29 is 38.2 Å². The van der Waals surface area contributed by atoms with Crippen molar-refractivity contribution in [2.75, 3.05) is 14.1 Å². The van der Waals surface area contributed by atoms with Gasteiger partial charge in [0.1, 0.15) is 19.9 Å². The molecule has 0 spiro atoms. The lowest BCUT2D eigenvalue weighted by Gasteiger charge is -2.17. The van der Waals surface area contributed by atoms with E-state index in [9.17, 15) is 0 Å². The van der Waals surface area contributed by atoms with Crippen molar-refractivity contribution in [1.29, 1.82) is 0 Å². The molecule has 0 unspecified atom stereocenters. The molecular formula is C17H15BrClNO5S. The molecule has 0 radical (unpaired) electrons. The summed E-state index contributed by atoms with van der Waals surface area (Å²) in [6.07, 6.45) is 8.39. The van der Waals surface area contributed by atoms with Gasteiger partial charge in [-0.05, 0) is 24.3 Å². The van der Waals surface area contributed by atoms with Crippen LogP contribution in [0.1, 0.15) is 5.56 Å². The van der Waals surface area contributed by atoms with Gasteiger partial charge in [-0.3, -0.25) is 0 Å². The monoisotopic (exact) mass is 459 g/mol. The minimum absolute atomic E-state index is 0.902. The van der Waals surface area contributed by atoms with E-state index in [0.717, 1.165) is 26.5 Å². The zero-order chi connectivity index (χ0) is 19.3. The molecule has 0 bridgehead atoms. The van der Waals surface area contributed by atoms with Gasteiger partial charge in [-0.2, -0.15) is 0 Å². The highest BCUT2D eigenvalue weighted by Crippen LogP contribution is 2.39. The van der Waals surface area contributed by atoms with Gasteiger partial charge in [0, 0.05) is 33.2 Å². The molecule has 0 saturated carbocycles. The maximum absolute atomic E-state index is 8.49. The maximum atomic E-state index is 8.49. The molecule has 2 aliphatic rings. The van der Waals surface area contributed by atoms with Gasteiger partial charge in [-0.1, -0.05) is 39.8 Å². The van der Waals surface area contributed by atoms with Crippen molar-refractivity contribution in [1.82, 2.24) is 0 Å². The third kappa shape index (κ3) is 6.73. The van der Waals surface area contributed by atoms with Crippen molar-refractivity contribution in [3.63, 3.8) is 0 Å². The van der Waals surface area contributed by atoms with Gasteiger partial charge in [0.2, 0.25) is 0 Å². The lowest BCUT2D eigenvalue weighted by atomic mass is 10.1. The summed E-state index contributed by atoms with van der Waals surface area (Å²) in [6.45, 7) is 0. The van der Waals surface area contributed by atoms with E-state index >= 15 is 0 Å². The number of hydrogen-bond donors (Lipinski definition) is 0. The smallest absolute Gasteiger partial charge is 0.199 e. The van der Waals surface area contributed by atoms with Crippen LogP contribution in [-0.4, -0.2) is 24.4 Å². The average molecular weight is 461 g/mol. The first-order valence-corrected chi connectivity index (χ1v) is 10.1. The van der Waals surface area contributed by atoms with Gasteiger partial charge in [0.25, 0.3) is 0 Å². The molecule has 0 N–H and O–H groups in total. The molecule has 1 aliphatic heterocycles. The van der Waals surface area contributed by atoms with Gasteiger partial charge in [-0.25, -0.2) is 23.2 Å². The molecular weight excluding hydrogens is 446 g/mol. The number of benzene rings is 1. The highest BCUT2D eigenvalue weighted by atomic mass is 79.9. The average Bonchev–Trinajstić information content (AvgIpc) is 3.04. The summed E-state index contributed by atoms with van der Waals surface area (Å²) in [6, 6.07) is 8.14. The first-order valence-electron chi connectivity index (χ1n) is 7.20. The van der Waals surface area contributed by atoms with Crippen molar-refractivity contribution in [2.24, 2.45) is 0 Å². The van der Waals surface area contributed by atoms with Gasteiger partial charge in [0.15, 0.2) is 10.8 Å². The van der Waals surface area contributed by atoms with Crippen molar-refractivity contribution >= 4 is 39.2 Å². The molecule has 1 aliphatic carbocycles. The Morgan fingerprint density at radius 3 is 2.00 bits per heavy atom. The SMILES string of the molecule is C[N+](C)=C1C=CC(=C2OC(c3ccc(Br)cc3)=CS2)C=C1.[O-][Cl+3]([O-])([O-])[O-]. The summed E-state index contributed by atoms with van der Waals surface area (Å²) < 4.78 is 43.1. The Morgan fingerprint density at radius 2 is 1.50 bits per heavy atom. The summed E-state index contributed by atoms with van der Waals surface area (Å²) in [5.74, 6) is 0.902. The van der Waals surface area contributed by atoms with Crippen LogP contribution in [0.2, 0.25) is 0 Å². The predicted molar refractivity (Wildman–Crippen MR) is 93.2 cm³/mol. The van der Waals surface area contributed by atoms with Gasteiger partial charge < -0.3 is 4.74 Å². The number of nitrogens with zero attached hydrogens (tertiary/aromatic N) is 1. The standard InChI is InChI=1S/C17H15BrNOS.ClHO4/c1-19(2)15-9-5-13(6-10-15)17-20-16(11-21-17)12-3-7-14(18)8-4-12;2-1(3,4)5/h3-11H,1-2H3;(H,2,3,4,5)/q+1;/p-1. The minimum atomic E-state index is -4.94. The van der Waals surface area contributed by atoms with E-state index in [1.807, 2.05) is 26.2 Å². The van der Waals surface area contributed by atoms with Crippen molar-refractivity contribution in [3.05, 3.63) is 74.7 Å². The van der Waals surface area contributed by atoms with Crippen LogP contribution in [0.3, 0.4) is 0 Å². The second-order valence-corrected chi connectivity index (χ2v) is 7.83. The molecule has 1 aromatic carbocycles. The van der Waals surface area contributed by atoms with Crippen LogP contribution in [-0.2, 0) is 4.74 Å². The van der Waals surface area contributed by atoms with Gasteiger partial charge in [-0.15, -0.1) is 10.2 Å². The Balaban J connectivity index is 0.000000431. The summed E-state index contributed by atoms with van der Waals surface area (Å²) >= 11 is 5.07. The van der Waals surface area contributed by atoms with Crippen LogP contribution >= 0.6 is 27.7 Å². The molecule has 0 fully saturated rings. The summed E-state index contributed by atoms with van der Waals surface area (Å²) in [7, 11) is -0.869. The molecule has 26 heavy (non-hydrogen) atoms. The van der Waals surface area contributed by atoms with Crippen LogP contribution in [0, 0.1) is 10.2 Å². The minimum Gasteiger partial charge on any atom is -0.448 e. The maximum Gasteiger partial charge on any atom is 0.199 e. The molecule has 1 heterocycles. The van der Waals surface area contributed by atoms with Crippen LogP contribution in [0.15, 0.2) is 69.1 Å². The van der Waals surface area contributed by atoms with Crippen LogP contribution in [0.4, 0.5) is 0 Å². The molecule has 1 aromatic rings. The fraction of sp³-hybridized carbons (Fsp3) is 0.118. The number of thioether (sulfide) groups is 1. The highest BCUT2D eigenvalue weighted by molar-refractivity contribution is 9.10. The first-order chi connectivity index (χ1) is 12.1. The third-order valence-electron chi connectivity index (χ3n) is 3.22. The number of allylic oxidation sites excluding steroid dienone is 5. The zero-order valence-corrected chi connectivity index (χ0v) is 17.0. The molecule has 9 heteroatoms. The topological polar surface area (TPSA) is 104 Å². The molecule has 0 aromatic heterocycles. The van der Waals surface area contributed by atoms with Crippen molar-refractivity contribution in [2.45, 2.75) is 0 Å². The predicted octanol–water partition coefficient (Wildman–Crippen LogP) is -0.194. The Bertz CT molecular complexity index is 795. The molecule has 0 atom stereocenters. The van der Waals surface area contributed by atoms with E-state index in [2.05, 4.69) is 62.4 Å². The van der Waals surface area contributed by atoms with E-state index in [0.29, 0.717) is 0 Å². The summed E-state index contributed by atoms with van der Waals surface area (Å²) in [5.41, 5.74) is 3.38. The third-order valence-corrected chi connectivity index (χ3v) is 4.62. The Kier molecular flexibility index (Phi) is 7.24. The lowest BCUT2D eigenvalue weighted by Crippen LogP contribution is -2.68. The van der Waals surface area contributed by atoms with E-state index < -0.39 is 10.2 Å². The van der Waals surface area contributed by atoms with E-state index in [-0.39, 0.29) is 0 Å². The first kappa shape index (κ1) is 20.9. The Morgan fingerprint density at radius 1 is 0.962 bits per heavy atom. The number of ether oxygens (including phenoxy) is 1. The number of halogens is 2. The van der Waals surface area contributed by atoms with Crippen molar-refractivity contribution in [3.8, 4) is 0 Å². The molecule has 138 valence electrons. The van der Waals surface area contributed by atoms with Gasteiger partial charge >= 0.3 is 0 Å². The molecule has 0 amide bonds. The Labute approximate surface area is 166 Å². The largest absolute Gasteiger partial charge is 0.448 e. The molecule has 6 nitrogen and oxygen atoms in total. The second kappa shape index (κ2) is 9.01. The molecule has 3 rings (SSSR count). The quantitative estimate of drug-likeness (QED) is 0.538. The van der Waals surface area contributed by atoms with Crippen LogP contribution in [0.5, 0.6) is 0 Å². The number of hydrogen-bond acceptors (Lipinski definition) is 6.